The number of allylic oxidation sites excluding steroid dienone is 1. The Balaban J connectivity index is 1.81. The van der Waals surface area contributed by atoms with Gasteiger partial charge in [-0.05, 0) is 24.0 Å². The van der Waals surface area contributed by atoms with Crippen LogP contribution in [0.5, 0.6) is 0 Å². The molecule has 0 fully saturated rings. The average Bonchev–Trinajstić information content (AvgIpc) is 2.98. The number of benzene rings is 2. The van der Waals surface area contributed by atoms with Gasteiger partial charge in [0.1, 0.15) is 19.3 Å². The average molecular weight is 566 g/mol. The molecule has 10 heteroatoms. The Morgan fingerprint density at radius 1 is 0.902 bits per heavy atom. The molecule has 0 unspecified atom stereocenters. The number of hydrogen-bond acceptors (Lipinski definition) is 7. The van der Waals surface area contributed by atoms with Crippen LogP contribution in [-0.4, -0.2) is 66.2 Å². The number of ether oxygens (including phenoxy) is 2. The van der Waals surface area contributed by atoms with E-state index in [-0.39, 0.29) is 64.0 Å². The molecule has 0 saturated heterocycles. The number of carbonyl (C=O) groups excluding carboxylic acids is 4. The standard InChI is InChI=1S/C31H39N3O7/c1-3-11-26(21-28(36)34(18-19-35)22-24-13-7-5-8-14-24)29(37)32-17-20-40-30(38)27(12-4-2)33-31(39)41-23-25-15-9-6-10-16-25/h3-10,13-16,26-27,35H,1-2,11-12,17-23H2,(H,32,37)(H,33,39)/t26-,27+/m0/s1. The second-order valence-corrected chi connectivity index (χ2v) is 9.19. The first-order valence-electron chi connectivity index (χ1n) is 13.4. The lowest BCUT2D eigenvalue weighted by Crippen LogP contribution is -2.43. The van der Waals surface area contributed by atoms with Crippen molar-refractivity contribution < 1.29 is 33.8 Å². The monoisotopic (exact) mass is 565 g/mol. The predicted molar refractivity (Wildman–Crippen MR) is 154 cm³/mol. The second-order valence-electron chi connectivity index (χ2n) is 9.19. The molecule has 0 heterocycles. The number of esters is 1. The third kappa shape index (κ3) is 12.5. The van der Waals surface area contributed by atoms with Crippen LogP contribution in [0.15, 0.2) is 86.0 Å². The van der Waals surface area contributed by atoms with E-state index in [9.17, 15) is 24.3 Å². The lowest BCUT2D eigenvalue weighted by molar-refractivity contribution is -0.146. The quantitative estimate of drug-likeness (QED) is 0.144. The van der Waals surface area contributed by atoms with Gasteiger partial charge >= 0.3 is 12.1 Å². The van der Waals surface area contributed by atoms with Crippen molar-refractivity contribution in [2.75, 3.05) is 26.3 Å². The zero-order valence-electron chi connectivity index (χ0n) is 23.2. The maximum atomic E-state index is 13.0. The van der Waals surface area contributed by atoms with Gasteiger partial charge in [0, 0.05) is 19.5 Å². The smallest absolute Gasteiger partial charge is 0.408 e. The molecule has 2 aromatic rings. The maximum Gasteiger partial charge on any atom is 0.408 e. The molecule has 0 radical (unpaired) electrons. The number of aliphatic hydroxyl groups is 1. The van der Waals surface area contributed by atoms with Crippen LogP contribution in [0.1, 0.15) is 30.4 Å². The maximum absolute atomic E-state index is 13.0. The highest BCUT2D eigenvalue weighted by Crippen LogP contribution is 2.14. The number of nitrogens with zero attached hydrogens (tertiary/aromatic N) is 1. The molecule has 2 aromatic carbocycles. The number of amides is 3. The number of hydrogen-bond donors (Lipinski definition) is 3. The van der Waals surface area contributed by atoms with Gasteiger partial charge in [0.05, 0.1) is 19.1 Å². The highest BCUT2D eigenvalue weighted by atomic mass is 16.6. The molecule has 2 atom stereocenters. The van der Waals surface area contributed by atoms with Gasteiger partial charge in [0.2, 0.25) is 11.8 Å². The fourth-order valence-electron chi connectivity index (χ4n) is 3.90. The van der Waals surface area contributed by atoms with E-state index in [2.05, 4.69) is 23.8 Å². The van der Waals surface area contributed by atoms with Crippen LogP contribution in [0.3, 0.4) is 0 Å². The summed E-state index contributed by atoms with van der Waals surface area (Å²) < 4.78 is 10.4. The number of carbonyl (C=O) groups is 4. The minimum atomic E-state index is -1.00. The van der Waals surface area contributed by atoms with Gasteiger partial charge in [-0.1, -0.05) is 72.8 Å². The van der Waals surface area contributed by atoms with Gasteiger partial charge in [-0.15, -0.1) is 13.2 Å². The summed E-state index contributed by atoms with van der Waals surface area (Å²) in [6.45, 7) is 7.46. The summed E-state index contributed by atoms with van der Waals surface area (Å²) in [5, 5.41) is 14.6. The van der Waals surface area contributed by atoms with Crippen LogP contribution >= 0.6 is 0 Å². The topological polar surface area (TPSA) is 134 Å². The zero-order chi connectivity index (χ0) is 29.9. The summed E-state index contributed by atoms with van der Waals surface area (Å²) in [6.07, 6.45) is 2.59. The minimum Gasteiger partial charge on any atom is -0.462 e. The van der Waals surface area contributed by atoms with Crippen molar-refractivity contribution in [1.82, 2.24) is 15.5 Å². The van der Waals surface area contributed by atoms with Gasteiger partial charge in [0.15, 0.2) is 0 Å². The van der Waals surface area contributed by atoms with Crippen LogP contribution in [0.25, 0.3) is 0 Å². The zero-order valence-corrected chi connectivity index (χ0v) is 23.2. The number of rotatable bonds is 18. The molecule has 0 aliphatic rings. The molecule has 3 N–H and O–H groups in total. The van der Waals surface area contributed by atoms with Crippen molar-refractivity contribution in [2.45, 2.75) is 38.5 Å². The fraction of sp³-hybridized carbons (Fsp3) is 0.355. The van der Waals surface area contributed by atoms with Crippen LogP contribution in [0, 0.1) is 5.92 Å². The molecule has 3 amide bonds. The van der Waals surface area contributed by atoms with Crippen LogP contribution in [0.4, 0.5) is 4.79 Å². The van der Waals surface area contributed by atoms with E-state index in [0.717, 1.165) is 11.1 Å². The normalized spacial score (nSPS) is 11.8. The largest absolute Gasteiger partial charge is 0.462 e. The minimum absolute atomic E-state index is 0.00996. The van der Waals surface area contributed by atoms with Gasteiger partial charge in [-0.25, -0.2) is 9.59 Å². The van der Waals surface area contributed by atoms with Crippen molar-refractivity contribution >= 4 is 23.9 Å². The van der Waals surface area contributed by atoms with E-state index in [4.69, 9.17) is 9.47 Å². The Labute approximate surface area is 241 Å². The molecule has 41 heavy (non-hydrogen) atoms. The highest BCUT2D eigenvalue weighted by molar-refractivity contribution is 5.86. The summed E-state index contributed by atoms with van der Waals surface area (Å²) in [6, 6.07) is 17.5. The van der Waals surface area contributed by atoms with Crippen molar-refractivity contribution in [3.63, 3.8) is 0 Å². The molecular formula is C31H39N3O7. The van der Waals surface area contributed by atoms with Gasteiger partial charge in [0.25, 0.3) is 0 Å². The lowest BCUT2D eigenvalue weighted by atomic mass is 9.99. The Bertz CT molecular complexity index is 1130. The second kappa shape index (κ2) is 18.8. The fourth-order valence-corrected chi connectivity index (χ4v) is 3.90. The van der Waals surface area contributed by atoms with E-state index < -0.39 is 24.0 Å². The van der Waals surface area contributed by atoms with E-state index in [1.165, 1.54) is 11.0 Å². The van der Waals surface area contributed by atoms with Crippen LogP contribution in [0.2, 0.25) is 0 Å². The van der Waals surface area contributed by atoms with Gasteiger partial charge in [-0.2, -0.15) is 0 Å². The van der Waals surface area contributed by atoms with E-state index in [1.54, 1.807) is 6.08 Å². The molecule has 0 bridgehead atoms. The third-order valence-electron chi connectivity index (χ3n) is 6.02. The summed E-state index contributed by atoms with van der Waals surface area (Å²) in [5.41, 5.74) is 1.71. The van der Waals surface area contributed by atoms with Crippen molar-refractivity contribution in [2.24, 2.45) is 5.92 Å². The lowest BCUT2D eigenvalue weighted by Gasteiger charge is -2.24. The molecule has 2 rings (SSSR count). The molecule has 0 aliphatic heterocycles. The summed E-state index contributed by atoms with van der Waals surface area (Å²) in [4.78, 5) is 52.0. The van der Waals surface area contributed by atoms with E-state index in [1.807, 2.05) is 60.7 Å². The van der Waals surface area contributed by atoms with Gasteiger partial charge in [-0.3, -0.25) is 9.59 Å². The molecule has 0 aliphatic carbocycles. The summed E-state index contributed by atoms with van der Waals surface area (Å²) in [7, 11) is 0. The molecule has 10 nitrogen and oxygen atoms in total. The Morgan fingerprint density at radius 2 is 1.54 bits per heavy atom. The molecule has 0 saturated carbocycles. The third-order valence-corrected chi connectivity index (χ3v) is 6.02. The molecule has 0 aromatic heterocycles. The van der Waals surface area contributed by atoms with Gasteiger partial charge < -0.3 is 30.1 Å². The first-order valence-corrected chi connectivity index (χ1v) is 13.4. The SMILES string of the molecule is C=CC[C@@H](CC(=O)N(CCO)Cc1ccccc1)C(=O)NCCOC(=O)[C@@H](CC=C)NC(=O)OCc1ccccc1. The van der Waals surface area contributed by atoms with Crippen LogP contribution in [-0.2, 0) is 37.0 Å². The first-order chi connectivity index (χ1) is 19.9. The van der Waals surface area contributed by atoms with Crippen molar-refractivity contribution in [3.05, 3.63) is 97.1 Å². The molecular weight excluding hydrogens is 526 g/mol. The number of alkyl carbamates (subject to hydrolysis) is 1. The number of aliphatic hydroxyl groups excluding tert-OH is 1. The highest BCUT2D eigenvalue weighted by Gasteiger charge is 2.25. The molecule has 0 spiro atoms. The first kappa shape index (κ1) is 32.8. The Hall–Kier alpha value is -4.44. The predicted octanol–water partition coefficient (Wildman–Crippen LogP) is 3.12. The van der Waals surface area contributed by atoms with E-state index >= 15 is 0 Å². The Morgan fingerprint density at radius 3 is 2.15 bits per heavy atom. The summed E-state index contributed by atoms with van der Waals surface area (Å²) >= 11 is 0. The number of nitrogens with one attached hydrogen (secondary N) is 2. The summed E-state index contributed by atoms with van der Waals surface area (Å²) in [5.74, 6) is -2.03. The van der Waals surface area contributed by atoms with E-state index in [0.29, 0.717) is 6.54 Å². The molecule has 220 valence electrons. The van der Waals surface area contributed by atoms with Crippen LogP contribution < -0.4 is 10.6 Å². The Kier molecular flexibility index (Phi) is 15.0. The van der Waals surface area contributed by atoms with Crippen molar-refractivity contribution in [1.29, 1.82) is 0 Å². The van der Waals surface area contributed by atoms with Crippen molar-refractivity contribution in [3.8, 4) is 0 Å².